The summed E-state index contributed by atoms with van der Waals surface area (Å²) in [6.45, 7) is 0. The molecule has 0 radical (unpaired) electrons. The van der Waals surface area contributed by atoms with E-state index < -0.39 is 0 Å². The number of imidazole rings is 1. The first-order valence-corrected chi connectivity index (χ1v) is 16.1. The second-order valence-electron chi connectivity index (χ2n) is 12.0. The third kappa shape index (κ3) is 4.62. The Morgan fingerprint density at radius 2 is 0.851 bits per heavy atom. The summed E-state index contributed by atoms with van der Waals surface area (Å²) in [6.07, 6.45) is 0. The highest BCUT2D eigenvalue weighted by Crippen LogP contribution is 2.45. The fourth-order valence-electron chi connectivity index (χ4n) is 7.08. The lowest BCUT2D eigenvalue weighted by molar-refractivity contribution is 1.10. The molecule has 0 amide bonds. The lowest BCUT2D eigenvalue weighted by Crippen LogP contribution is -1.98. The van der Waals surface area contributed by atoms with Crippen LogP contribution in [0.4, 0.5) is 0 Å². The molecule has 220 valence electrons. The molecule has 0 fully saturated rings. The molecule has 0 saturated carbocycles. The van der Waals surface area contributed by atoms with Gasteiger partial charge in [0, 0.05) is 11.3 Å². The van der Waals surface area contributed by atoms with Crippen molar-refractivity contribution in [2.75, 3.05) is 0 Å². The fraction of sp³-hybridized carbons (Fsp3) is 0. The lowest BCUT2D eigenvalue weighted by atomic mass is 9.85. The Kier molecular flexibility index (Phi) is 6.50. The predicted molar refractivity (Wildman–Crippen MR) is 198 cm³/mol. The van der Waals surface area contributed by atoms with E-state index in [0.29, 0.717) is 0 Å². The molecule has 0 unspecified atom stereocenters. The first-order valence-electron chi connectivity index (χ1n) is 16.1. The lowest BCUT2D eigenvalue weighted by Gasteiger charge is -2.19. The first kappa shape index (κ1) is 27.1. The van der Waals surface area contributed by atoms with Gasteiger partial charge in [-0.3, -0.25) is 4.57 Å². The summed E-state index contributed by atoms with van der Waals surface area (Å²) in [5, 5.41) is 5.02. The van der Waals surface area contributed by atoms with E-state index in [1.807, 2.05) is 6.07 Å². The van der Waals surface area contributed by atoms with E-state index in [2.05, 4.69) is 180 Å². The number of nitrogens with zero attached hydrogens (tertiary/aromatic N) is 2. The number of hydrogen-bond donors (Lipinski definition) is 0. The van der Waals surface area contributed by atoms with Gasteiger partial charge in [-0.15, -0.1) is 0 Å². The fourth-order valence-corrected chi connectivity index (χ4v) is 7.08. The predicted octanol–water partition coefficient (Wildman–Crippen LogP) is 12.0. The van der Waals surface area contributed by atoms with Crippen molar-refractivity contribution in [1.29, 1.82) is 0 Å². The molecule has 0 N–H and O–H groups in total. The minimum Gasteiger partial charge on any atom is -0.292 e. The van der Waals surface area contributed by atoms with Crippen LogP contribution in [0.15, 0.2) is 182 Å². The molecule has 2 nitrogen and oxygen atoms in total. The third-order valence-corrected chi connectivity index (χ3v) is 9.18. The SMILES string of the molecule is c1ccc(-c2c3ccccc3c(-c3ccccc3)c3cc(-c4cccc(-n5c(-c6ccccc6)nc6ccccc65)c4)ccc23)cc1. The number of hydrogen-bond acceptors (Lipinski definition) is 1. The second kappa shape index (κ2) is 11.3. The molecule has 0 atom stereocenters. The molecule has 0 saturated heterocycles. The number of aromatic nitrogens is 2. The van der Waals surface area contributed by atoms with Crippen LogP contribution in [0.1, 0.15) is 0 Å². The van der Waals surface area contributed by atoms with Crippen molar-refractivity contribution < 1.29 is 0 Å². The minimum atomic E-state index is 0.938. The largest absolute Gasteiger partial charge is 0.292 e. The number of fused-ring (bicyclic) bond motifs is 3. The Morgan fingerprint density at radius 3 is 1.53 bits per heavy atom. The van der Waals surface area contributed by atoms with Crippen LogP contribution >= 0.6 is 0 Å². The molecule has 8 aromatic carbocycles. The molecule has 9 aromatic rings. The highest BCUT2D eigenvalue weighted by Gasteiger charge is 2.18. The summed E-state index contributed by atoms with van der Waals surface area (Å²) in [5.74, 6) is 0.938. The van der Waals surface area contributed by atoms with E-state index in [9.17, 15) is 0 Å². The Morgan fingerprint density at radius 1 is 0.340 bits per heavy atom. The van der Waals surface area contributed by atoms with Crippen LogP contribution in [0.25, 0.3) is 83.0 Å². The smallest absolute Gasteiger partial charge is 0.145 e. The Bertz CT molecular complexity index is 2550. The van der Waals surface area contributed by atoms with Gasteiger partial charge in [-0.05, 0) is 85.3 Å². The summed E-state index contributed by atoms with van der Waals surface area (Å²) in [6, 6.07) is 65.1. The number of rotatable bonds is 5. The highest BCUT2D eigenvalue weighted by molar-refractivity contribution is 6.22. The molecule has 9 rings (SSSR count). The normalized spacial score (nSPS) is 11.4. The molecule has 0 bridgehead atoms. The highest BCUT2D eigenvalue weighted by atomic mass is 15.1. The van der Waals surface area contributed by atoms with Gasteiger partial charge in [0.25, 0.3) is 0 Å². The molecular formula is C45H30N2. The van der Waals surface area contributed by atoms with E-state index in [0.717, 1.165) is 33.7 Å². The molecule has 2 heteroatoms. The molecular weight excluding hydrogens is 569 g/mol. The van der Waals surface area contributed by atoms with E-state index in [4.69, 9.17) is 4.98 Å². The standard InChI is InChI=1S/C45H30N2/c1-4-15-31(16-5-1)43-37-23-10-11-24-38(37)44(32-17-6-2-7-18-32)40-30-35(27-28-39(40)43)34-21-14-22-36(29-34)47-42-26-13-12-25-41(42)46-45(47)33-19-8-3-9-20-33/h1-30H. The molecule has 0 aliphatic rings. The maximum Gasteiger partial charge on any atom is 0.145 e. The van der Waals surface area contributed by atoms with E-state index in [1.54, 1.807) is 0 Å². The van der Waals surface area contributed by atoms with Gasteiger partial charge in [-0.1, -0.05) is 152 Å². The van der Waals surface area contributed by atoms with Gasteiger partial charge in [-0.2, -0.15) is 0 Å². The molecule has 47 heavy (non-hydrogen) atoms. The molecule has 1 aromatic heterocycles. The van der Waals surface area contributed by atoms with Gasteiger partial charge >= 0.3 is 0 Å². The van der Waals surface area contributed by atoms with Gasteiger partial charge in [0.2, 0.25) is 0 Å². The summed E-state index contributed by atoms with van der Waals surface area (Å²) in [4.78, 5) is 5.08. The van der Waals surface area contributed by atoms with Crippen molar-refractivity contribution in [2.45, 2.75) is 0 Å². The van der Waals surface area contributed by atoms with Crippen molar-refractivity contribution in [1.82, 2.24) is 9.55 Å². The van der Waals surface area contributed by atoms with Gasteiger partial charge in [0.1, 0.15) is 5.82 Å². The van der Waals surface area contributed by atoms with E-state index in [-0.39, 0.29) is 0 Å². The summed E-state index contributed by atoms with van der Waals surface area (Å²) in [5.41, 5.74) is 11.6. The van der Waals surface area contributed by atoms with Gasteiger partial charge in [0.05, 0.1) is 11.0 Å². The van der Waals surface area contributed by atoms with Gasteiger partial charge in [-0.25, -0.2) is 4.98 Å². The van der Waals surface area contributed by atoms with Crippen LogP contribution in [0.3, 0.4) is 0 Å². The van der Waals surface area contributed by atoms with Gasteiger partial charge in [0.15, 0.2) is 0 Å². The van der Waals surface area contributed by atoms with Crippen molar-refractivity contribution in [2.24, 2.45) is 0 Å². The molecule has 0 spiro atoms. The summed E-state index contributed by atoms with van der Waals surface area (Å²) >= 11 is 0. The topological polar surface area (TPSA) is 17.8 Å². The Hall–Kier alpha value is -6.25. The maximum atomic E-state index is 5.08. The first-order chi connectivity index (χ1) is 23.3. The average Bonchev–Trinajstić information content (AvgIpc) is 3.54. The van der Waals surface area contributed by atoms with Crippen LogP contribution in [0, 0.1) is 0 Å². The quantitative estimate of drug-likeness (QED) is 0.180. The van der Waals surface area contributed by atoms with Crippen molar-refractivity contribution in [3.63, 3.8) is 0 Å². The van der Waals surface area contributed by atoms with E-state index in [1.165, 1.54) is 49.4 Å². The van der Waals surface area contributed by atoms with Crippen molar-refractivity contribution >= 4 is 32.6 Å². The van der Waals surface area contributed by atoms with Crippen molar-refractivity contribution in [3.05, 3.63) is 182 Å². The molecule has 1 heterocycles. The molecule has 0 aliphatic carbocycles. The second-order valence-corrected chi connectivity index (χ2v) is 12.0. The van der Waals surface area contributed by atoms with Crippen molar-refractivity contribution in [3.8, 4) is 50.5 Å². The zero-order chi connectivity index (χ0) is 31.2. The van der Waals surface area contributed by atoms with Crippen LogP contribution in [0.5, 0.6) is 0 Å². The third-order valence-electron chi connectivity index (χ3n) is 9.18. The van der Waals surface area contributed by atoms with Crippen LogP contribution in [-0.4, -0.2) is 9.55 Å². The van der Waals surface area contributed by atoms with Crippen LogP contribution in [-0.2, 0) is 0 Å². The minimum absolute atomic E-state index is 0.938. The Labute approximate surface area is 273 Å². The zero-order valence-electron chi connectivity index (χ0n) is 25.7. The maximum absolute atomic E-state index is 5.08. The Balaban J connectivity index is 1.30. The summed E-state index contributed by atoms with van der Waals surface area (Å²) in [7, 11) is 0. The number of para-hydroxylation sites is 2. The van der Waals surface area contributed by atoms with Gasteiger partial charge < -0.3 is 0 Å². The molecule has 0 aliphatic heterocycles. The van der Waals surface area contributed by atoms with Crippen LogP contribution < -0.4 is 0 Å². The average molecular weight is 599 g/mol. The van der Waals surface area contributed by atoms with Crippen LogP contribution in [0.2, 0.25) is 0 Å². The monoisotopic (exact) mass is 598 g/mol. The summed E-state index contributed by atoms with van der Waals surface area (Å²) < 4.78 is 2.28. The zero-order valence-corrected chi connectivity index (χ0v) is 25.7. The number of benzene rings is 8. The van der Waals surface area contributed by atoms with E-state index >= 15 is 0 Å².